The lowest BCUT2D eigenvalue weighted by atomic mass is 10.2. The summed E-state index contributed by atoms with van der Waals surface area (Å²) < 4.78 is 0. The van der Waals surface area contributed by atoms with Gasteiger partial charge in [0.05, 0.1) is 27.0 Å². The highest BCUT2D eigenvalue weighted by Crippen LogP contribution is 2.29. The van der Waals surface area contributed by atoms with E-state index in [2.05, 4.69) is 22.5 Å². The first-order valence-corrected chi connectivity index (χ1v) is 7.81. The van der Waals surface area contributed by atoms with Crippen molar-refractivity contribution in [3.63, 3.8) is 0 Å². The molecule has 0 spiro atoms. The molecule has 0 aliphatic carbocycles. The first-order valence-electron chi connectivity index (χ1n) is 7.06. The molecule has 6 heteroatoms. The van der Waals surface area contributed by atoms with E-state index in [0.717, 1.165) is 25.1 Å². The van der Waals surface area contributed by atoms with E-state index >= 15 is 0 Å². The van der Waals surface area contributed by atoms with Gasteiger partial charge < -0.3 is 10.6 Å². The molecule has 0 radical (unpaired) electrons. The monoisotopic (exact) mass is 337 g/mol. The maximum Gasteiger partial charge on any atom is 0.257 e. The van der Waals surface area contributed by atoms with Crippen LogP contribution in [-0.4, -0.2) is 17.4 Å². The van der Waals surface area contributed by atoms with Crippen LogP contribution in [0, 0.1) is 0 Å². The summed E-state index contributed by atoms with van der Waals surface area (Å²) in [7, 11) is 0. The number of hydrogen-bond acceptors (Lipinski definition) is 3. The van der Waals surface area contributed by atoms with Gasteiger partial charge in [0.2, 0.25) is 0 Å². The molecule has 22 heavy (non-hydrogen) atoms. The highest BCUT2D eigenvalue weighted by Gasteiger charge is 2.11. The van der Waals surface area contributed by atoms with Crippen LogP contribution < -0.4 is 10.6 Å². The van der Waals surface area contributed by atoms with Crippen molar-refractivity contribution in [1.82, 2.24) is 4.98 Å². The molecule has 0 atom stereocenters. The third-order valence-corrected chi connectivity index (χ3v) is 3.88. The Kier molecular flexibility index (Phi) is 6.04. The molecule has 0 saturated carbocycles. The number of hydrogen-bond donors (Lipinski definition) is 2. The summed E-state index contributed by atoms with van der Waals surface area (Å²) in [6.45, 7) is 2.97. The number of carbonyl (C=O) groups excluding carboxylic acids is 1. The molecule has 2 aromatic rings. The Labute approximate surface area is 139 Å². The van der Waals surface area contributed by atoms with Gasteiger partial charge in [0.15, 0.2) is 0 Å². The summed E-state index contributed by atoms with van der Waals surface area (Å²) in [6, 6.07) is 6.85. The van der Waals surface area contributed by atoms with Crippen molar-refractivity contribution in [1.29, 1.82) is 0 Å². The average Bonchev–Trinajstić information content (AvgIpc) is 2.52. The SMILES string of the molecule is CCCCNc1cncc(C(=O)Nc2cccc(Cl)c2Cl)c1. The Morgan fingerprint density at radius 2 is 2.09 bits per heavy atom. The van der Waals surface area contributed by atoms with Gasteiger partial charge in [0.1, 0.15) is 0 Å². The first kappa shape index (κ1) is 16.6. The lowest BCUT2D eigenvalue weighted by molar-refractivity contribution is 0.102. The third kappa shape index (κ3) is 4.36. The Hall–Kier alpha value is -1.78. The van der Waals surface area contributed by atoms with E-state index in [1.54, 1.807) is 30.5 Å². The summed E-state index contributed by atoms with van der Waals surface area (Å²) in [5.74, 6) is -0.282. The van der Waals surface area contributed by atoms with Crippen LogP contribution in [0.25, 0.3) is 0 Å². The predicted octanol–water partition coefficient (Wildman–Crippen LogP) is 4.85. The second-order valence-corrected chi connectivity index (χ2v) is 5.58. The lowest BCUT2D eigenvalue weighted by Gasteiger charge is -2.09. The van der Waals surface area contributed by atoms with Crippen molar-refractivity contribution in [2.45, 2.75) is 19.8 Å². The molecule has 1 aromatic heterocycles. The van der Waals surface area contributed by atoms with Crippen molar-refractivity contribution in [3.05, 3.63) is 52.3 Å². The van der Waals surface area contributed by atoms with Gasteiger partial charge in [-0.2, -0.15) is 0 Å². The number of pyridine rings is 1. The molecule has 1 aromatic carbocycles. The minimum absolute atomic E-state index is 0.282. The fourth-order valence-corrected chi connectivity index (χ4v) is 2.21. The van der Waals surface area contributed by atoms with Crippen LogP contribution in [0.4, 0.5) is 11.4 Å². The average molecular weight is 338 g/mol. The molecule has 1 heterocycles. The van der Waals surface area contributed by atoms with E-state index in [0.29, 0.717) is 21.3 Å². The van der Waals surface area contributed by atoms with E-state index in [1.807, 2.05) is 0 Å². The van der Waals surface area contributed by atoms with Crippen LogP contribution in [-0.2, 0) is 0 Å². The van der Waals surface area contributed by atoms with Crippen LogP contribution >= 0.6 is 23.2 Å². The molecule has 0 bridgehead atoms. The number of carbonyl (C=O) groups is 1. The van der Waals surface area contributed by atoms with E-state index in [4.69, 9.17) is 23.2 Å². The number of nitrogens with zero attached hydrogens (tertiary/aromatic N) is 1. The quantitative estimate of drug-likeness (QED) is 0.740. The number of amides is 1. The zero-order valence-corrected chi connectivity index (χ0v) is 13.7. The molecule has 0 saturated heterocycles. The first-order chi connectivity index (χ1) is 10.6. The maximum atomic E-state index is 12.3. The van der Waals surface area contributed by atoms with Gasteiger partial charge in [-0.05, 0) is 24.6 Å². The summed E-state index contributed by atoms with van der Waals surface area (Å²) in [5, 5.41) is 6.69. The molecule has 0 aliphatic rings. The second kappa shape index (κ2) is 8.01. The Morgan fingerprint density at radius 3 is 2.86 bits per heavy atom. The number of anilines is 2. The van der Waals surface area contributed by atoms with Crippen LogP contribution in [0.5, 0.6) is 0 Å². The number of rotatable bonds is 6. The van der Waals surface area contributed by atoms with Crippen molar-refractivity contribution in [3.8, 4) is 0 Å². The van der Waals surface area contributed by atoms with E-state index in [1.165, 1.54) is 6.20 Å². The van der Waals surface area contributed by atoms with E-state index in [-0.39, 0.29) is 5.91 Å². The molecular formula is C16H17Cl2N3O. The van der Waals surface area contributed by atoms with Crippen LogP contribution in [0.2, 0.25) is 10.0 Å². The van der Waals surface area contributed by atoms with Crippen LogP contribution in [0.3, 0.4) is 0 Å². The van der Waals surface area contributed by atoms with Crippen LogP contribution in [0.1, 0.15) is 30.1 Å². The van der Waals surface area contributed by atoms with Crippen LogP contribution in [0.15, 0.2) is 36.7 Å². The largest absolute Gasteiger partial charge is 0.384 e. The highest BCUT2D eigenvalue weighted by molar-refractivity contribution is 6.44. The molecular weight excluding hydrogens is 321 g/mol. The topological polar surface area (TPSA) is 54.0 Å². The van der Waals surface area contributed by atoms with Crippen molar-refractivity contribution in [2.24, 2.45) is 0 Å². The summed E-state index contributed by atoms with van der Waals surface area (Å²) >= 11 is 12.0. The zero-order chi connectivity index (χ0) is 15.9. The smallest absolute Gasteiger partial charge is 0.257 e. The molecule has 0 unspecified atom stereocenters. The van der Waals surface area contributed by atoms with E-state index < -0.39 is 0 Å². The molecule has 2 rings (SSSR count). The van der Waals surface area contributed by atoms with Gasteiger partial charge in [-0.25, -0.2) is 0 Å². The predicted molar refractivity (Wildman–Crippen MR) is 92.0 cm³/mol. The van der Waals surface area contributed by atoms with E-state index in [9.17, 15) is 4.79 Å². The molecule has 0 aliphatic heterocycles. The second-order valence-electron chi connectivity index (χ2n) is 4.80. The zero-order valence-electron chi connectivity index (χ0n) is 12.2. The maximum absolute atomic E-state index is 12.3. The lowest BCUT2D eigenvalue weighted by Crippen LogP contribution is -2.13. The fraction of sp³-hybridized carbons (Fsp3) is 0.250. The molecule has 1 amide bonds. The van der Waals surface area contributed by atoms with Crippen molar-refractivity contribution >= 4 is 40.5 Å². The molecule has 2 N–H and O–H groups in total. The van der Waals surface area contributed by atoms with Gasteiger partial charge in [-0.1, -0.05) is 42.6 Å². The molecule has 0 fully saturated rings. The number of unbranched alkanes of at least 4 members (excludes halogenated alkanes) is 1. The van der Waals surface area contributed by atoms with Gasteiger partial charge >= 0.3 is 0 Å². The van der Waals surface area contributed by atoms with Gasteiger partial charge in [0, 0.05) is 18.9 Å². The summed E-state index contributed by atoms with van der Waals surface area (Å²) in [6.07, 6.45) is 5.38. The van der Waals surface area contributed by atoms with Gasteiger partial charge in [-0.3, -0.25) is 9.78 Å². The Balaban J connectivity index is 2.09. The molecule has 4 nitrogen and oxygen atoms in total. The number of nitrogens with one attached hydrogen (secondary N) is 2. The summed E-state index contributed by atoms with van der Waals surface area (Å²) in [5.41, 5.74) is 1.75. The van der Waals surface area contributed by atoms with Gasteiger partial charge in [0.25, 0.3) is 5.91 Å². The number of aromatic nitrogens is 1. The Morgan fingerprint density at radius 1 is 1.27 bits per heavy atom. The summed E-state index contributed by atoms with van der Waals surface area (Å²) in [4.78, 5) is 16.4. The molecule has 116 valence electrons. The van der Waals surface area contributed by atoms with Gasteiger partial charge in [-0.15, -0.1) is 0 Å². The van der Waals surface area contributed by atoms with Crippen molar-refractivity contribution < 1.29 is 4.79 Å². The van der Waals surface area contributed by atoms with Crippen molar-refractivity contribution in [2.75, 3.05) is 17.2 Å². The minimum atomic E-state index is -0.282. The number of benzene rings is 1. The number of halogens is 2. The Bertz CT molecular complexity index is 662. The standard InChI is InChI=1S/C16H17Cl2N3O/c1-2-3-7-20-12-8-11(9-19-10-12)16(22)21-14-6-4-5-13(17)15(14)18/h4-6,8-10,20H,2-3,7H2,1H3,(H,21,22). The normalized spacial score (nSPS) is 10.3. The third-order valence-electron chi connectivity index (χ3n) is 3.06. The minimum Gasteiger partial charge on any atom is -0.384 e. The fourth-order valence-electron chi connectivity index (χ4n) is 1.87. The highest BCUT2D eigenvalue weighted by atomic mass is 35.5.